The summed E-state index contributed by atoms with van der Waals surface area (Å²) in [5, 5.41) is 11.2. The quantitative estimate of drug-likeness (QED) is 0.657. The number of rotatable bonds is 4. The Morgan fingerprint density at radius 1 is 1.28 bits per heavy atom. The van der Waals surface area contributed by atoms with Crippen molar-refractivity contribution >= 4 is 21.4 Å². The minimum atomic E-state index is -4.10. The van der Waals surface area contributed by atoms with Crippen molar-refractivity contribution in [2.45, 2.75) is 17.4 Å². The highest BCUT2D eigenvalue weighted by Crippen LogP contribution is 2.39. The monoisotopic (exact) mass is 363 g/mol. The van der Waals surface area contributed by atoms with Crippen molar-refractivity contribution < 1.29 is 18.1 Å². The summed E-state index contributed by atoms with van der Waals surface area (Å²) < 4.78 is 32.5. The van der Waals surface area contributed by atoms with Gasteiger partial charge in [-0.1, -0.05) is 12.1 Å². The molecule has 2 aromatic carbocycles. The molecule has 0 aromatic heterocycles. The van der Waals surface area contributed by atoms with Crippen molar-refractivity contribution in [2.24, 2.45) is 5.73 Å². The Kier molecular flexibility index (Phi) is 4.36. The van der Waals surface area contributed by atoms with Crippen molar-refractivity contribution in [3.05, 3.63) is 58.1 Å². The van der Waals surface area contributed by atoms with Crippen molar-refractivity contribution in [2.75, 3.05) is 18.0 Å². The van der Waals surface area contributed by atoms with Gasteiger partial charge in [-0.3, -0.25) is 14.4 Å². The SMILES string of the molecule is COc1ccc2c(c1)C(N)CCN2S(=O)(=O)c1ccccc1[N+](=O)[O-]. The molecule has 0 bridgehead atoms. The number of para-hydroxylation sites is 1. The van der Waals surface area contributed by atoms with Gasteiger partial charge in [-0.2, -0.15) is 0 Å². The molecule has 0 spiro atoms. The summed E-state index contributed by atoms with van der Waals surface area (Å²) in [4.78, 5) is 10.2. The Bertz CT molecular complexity index is 929. The smallest absolute Gasteiger partial charge is 0.289 e. The molecule has 3 rings (SSSR count). The standard InChI is InChI=1S/C16H17N3O5S/c1-24-11-6-7-14-12(10-11)13(17)8-9-18(14)25(22,23)16-5-3-2-4-15(16)19(20)21/h2-7,10,13H,8-9,17H2,1H3. The highest BCUT2D eigenvalue weighted by atomic mass is 32.2. The molecule has 8 nitrogen and oxygen atoms in total. The third kappa shape index (κ3) is 2.92. The fourth-order valence-corrected chi connectivity index (χ4v) is 4.58. The predicted molar refractivity (Wildman–Crippen MR) is 92.2 cm³/mol. The molecule has 0 fully saturated rings. The van der Waals surface area contributed by atoms with Gasteiger partial charge in [0.05, 0.1) is 17.7 Å². The lowest BCUT2D eigenvalue weighted by molar-refractivity contribution is -0.387. The number of nitrogens with zero attached hydrogens (tertiary/aromatic N) is 2. The van der Waals surface area contributed by atoms with E-state index in [1.807, 2.05) is 0 Å². The number of methoxy groups -OCH3 is 1. The maximum absolute atomic E-state index is 13.1. The lowest BCUT2D eigenvalue weighted by Gasteiger charge is -2.33. The summed E-state index contributed by atoms with van der Waals surface area (Å²) >= 11 is 0. The molecule has 1 atom stereocenters. The van der Waals surface area contributed by atoms with E-state index in [1.54, 1.807) is 18.2 Å². The number of nitro groups is 1. The number of nitro benzene ring substituents is 1. The number of hydrogen-bond donors (Lipinski definition) is 1. The fourth-order valence-electron chi connectivity index (χ4n) is 2.91. The van der Waals surface area contributed by atoms with Crippen molar-refractivity contribution in [3.63, 3.8) is 0 Å². The first-order chi connectivity index (χ1) is 11.9. The van der Waals surface area contributed by atoms with Crippen LogP contribution in [0.25, 0.3) is 0 Å². The Balaban J connectivity index is 2.15. The van der Waals surface area contributed by atoms with E-state index >= 15 is 0 Å². The first-order valence-corrected chi connectivity index (χ1v) is 9.00. The first-order valence-electron chi connectivity index (χ1n) is 7.56. The van der Waals surface area contributed by atoms with Crippen LogP contribution in [0, 0.1) is 10.1 Å². The highest BCUT2D eigenvalue weighted by molar-refractivity contribution is 7.93. The van der Waals surface area contributed by atoms with E-state index in [0.29, 0.717) is 23.4 Å². The summed E-state index contributed by atoms with van der Waals surface area (Å²) in [5.74, 6) is 0.569. The first kappa shape index (κ1) is 17.2. The maximum Gasteiger partial charge on any atom is 0.289 e. The van der Waals surface area contributed by atoms with Gasteiger partial charge in [0.15, 0.2) is 4.90 Å². The second-order valence-corrected chi connectivity index (χ2v) is 7.45. The Morgan fingerprint density at radius 2 is 2.00 bits per heavy atom. The van der Waals surface area contributed by atoms with Crippen molar-refractivity contribution in [3.8, 4) is 5.75 Å². The molecule has 132 valence electrons. The Hall–Kier alpha value is -2.65. The summed E-state index contributed by atoms with van der Waals surface area (Å²) in [6, 6.07) is 9.93. The normalized spacial score (nSPS) is 17.0. The molecule has 0 saturated carbocycles. The van der Waals surface area contributed by atoms with E-state index in [4.69, 9.17) is 10.5 Å². The van der Waals surface area contributed by atoms with Crippen molar-refractivity contribution in [1.29, 1.82) is 0 Å². The minimum Gasteiger partial charge on any atom is -0.497 e. The molecule has 0 radical (unpaired) electrons. The van der Waals surface area contributed by atoms with Crippen LogP contribution >= 0.6 is 0 Å². The zero-order valence-electron chi connectivity index (χ0n) is 13.5. The molecular weight excluding hydrogens is 346 g/mol. The lowest BCUT2D eigenvalue weighted by Crippen LogP contribution is -2.38. The Labute approximate surface area is 145 Å². The van der Waals surface area contributed by atoms with E-state index in [9.17, 15) is 18.5 Å². The van der Waals surface area contributed by atoms with Gasteiger partial charge in [-0.25, -0.2) is 8.42 Å². The summed E-state index contributed by atoms with van der Waals surface area (Å²) in [6.45, 7) is 0.148. The number of nitrogens with two attached hydrogens (primary N) is 1. The van der Waals surface area contributed by atoms with Gasteiger partial charge in [-0.05, 0) is 36.2 Å². The van der Waals surface area contributed by atoms with Crippen LogP contribution in [0.5, 0.6) is 5.75 Å². The molecule has 0 amide bonds. The molecule has 1 aliphatic heterocycles. The van der Waals surface area contributed by atoms with Crippen LogP contribution in [0.2, 0.25) is 0 Å². The van der Waals surface area contributed by atoms with Crippen LogP contribution in [0.3, 0.4) is 0 Å². The number of ether oxygens (including phenoxy) is 1. The molecule has 25 heavy (non-hydrogen) atoms. The molecule has 0 saturated heterocycles. The molecule has 0 aliphatic carbocycles. The second kappa shape index (κ2) is 6.34. The highest BCUT2D eigenvalue weighted by Gasteiger charge is 2.35. The number of anilines is 1. The third-order valence-electron chi connectivity index (χ3n) is 4.18. The van der Waals surface area contributed by atoms with Crippen LogP contribution in [-0.4, -0.2) is 27.0 Å². The van der Waals surface area contributed by atoms with E-state index in [2.05, 4.69) is 0 Å². The average molecular weight is 363 g/mol. The summed E-state index contributed by atoms with van der Waals surface area (Å²) in [7, 11) is -2.59. The van der Waals surface area contributed by atoms with Gasteiger partial charge in [0.25, 0.3) is 15.7 Å². The van der Waals surface area contributed by atoms with Crippen LogP contribution in [0.4, 0.5) is 11.4 Å². The minimum absolute atomic E-state index is 0.148. The molecular formula is C16H17N3O5S. The van der Waals surface area contributed by atoms with Crippen LogP contribution < -0.4 is 14.8 Å². The zero-order chi connectivity index (χ0) is 18.2. The largest absolute Gasteiger partial charge is 0.497 e. The van der Waals surface area contributed by atoms with E-state index in [1.165, 1.54) is 35.7 Å². The second-order valence-electron chi connectivity index (χ2n) is 5.62. The van der Waals surface area contributed by atoms with Gasteiger partial charge in [0, 0.05) is 18.7 Å². The number of fused-ring (bicyclic) bond motifs is 1. The van der Waals surface area contributed by atoms with E-state index < -0.39 is 20.6 Å². The number of benzene rings is 2. The summed E-state index contributed by atoms with van der Waals surface area (Å²) in [6.07, 6.45) is 0.403. The lowest BCUT2D eigenvalue weighted by atomic mass is 9.98. The zero-order valence-corrected chi connectivity index (χ0v) is 14.3. The van der Waals surface area contributed by atoms with Gasteiger partial charge < -0.3 is 10.5 Å². The maximum atomic E-state index is 13.1. The third-order valence-corrected chi connectivity index (χ3v) is 6.04. The van der Waals surface area contributed by atoms with Gasteiger partial charge in [-0.15, -0.1) is 0 Å². The molecule has 9 heteroatoms. The van der Waals surface area contributed by atoms with Gasteiger partial charge in [0.1, 0.15) is 5.75 Å². The van der Waals surface area contributed by atoms with E-state index in [0.717, 1.165) is 0 Å². The summed E-state index contributed by atoms with van der Waals surface area (Å²) in [5.41, 5.74) is 6.70. The predicted octanol–water partition coefficient (Wildman–Crippen LogP) is 2.20. The van der Waals surface area contributed by atoms with Crippen LogP contribution in [0.1, 0.15) is 18.0 Å². The number of sulfonamides is 1. The molecule has 1 unspecified atom stereocenters. The molecule has 1 heterocycles. The number of hydrogen-bond acceptors (Lipinski definition) is 6. The van der Waals surface area contributed by atoms with Crippen LogP contribution in [0.15, 0.2) is 47.4 Å². The fraction of sp³-hybridized carbons (Fsp3) is 0.250. The van der Waals surface area contributed by atoms with Gasteiger partial charge >= 0.3 is 0 Å². The van der Waals surface area contributed by atoms with Crippen molar-refractivity contribution in [1.82, 2.24) is 0 Å². The average Bonchev–Trinajstić information content (AvgIpc) is 2.61. The molecule has 2 N–H and O–H groups in total. The Morgan fingerprint density at radius 3 is 2.68 bits per heavy atom. The van der Waals surface area contributed by atoms with Gasteiger partial charge in [0.2, 0.25) is 0 Å². The van der Waals surface area contributed by atoms with E-state index in [-0.39, 0.29) is 17.5 Å². The van der Waals surface area contributed by atoms with Crippen LogP contribution in [-0.2, 0) is 10.0 Å². The topological polar surface area (TPSA) is 116 Å². The molecule has 2 aromatic rings. The molecule has 1 aliphatic rings.